The summed E-state index contributed by atoms with van der Waals surface area (Å²) in [7, 11) is 0. The number of fused-ring (bicyclic) bond motifs is 2. The van der Waals surface area contributed by atoms with E-state index >= 15 is 0 Å². The lowest BCUT2D eigenvalue weighted by molar-refractivity contribution is -0.142. The number of carbonyl (C=O) groups is 2. The minimum absolute atomic E-state index is 0.111. The maximum Gasteiger partial charge on any atom is 0.239 e. The Hall–Kier alpha value is -1.23. The van der Waals surface area contributed by atoms with Crippen molar-refractivity contribution < 1.29 is 9.59 Å². The third-order valence-corrected chi connectivity index (χ3v) is 5.33. The van der Waals surface area contributed by atoms with Crippen LogP contribution in [-0.4, -0.2) is 16.7 Å². The van der Waals surface area contributed by atoms with E-state index in [1.165, 1.54) is 11.3 Å². The monoisotopic (exact) mass is 264 g/mol. The third kappa shape index (κ3) is 1.40. The van der Waals surface area contributed by atoms with Crippen molar-refractivity contribution in [3.8, 4) is 0 Å². The van der Waals surface area contributed by atoms with Crippen molar-refractivity contribution in [3.05, 3.63) is 11.6 Å². The lowest BCUT2D eigenvalue weighted by Crippen LogP contribution is -2.44. The molecule has 2 aliphatic rings. The molecule has 0 spiro atoms. The molecule has 1 heterocycles. The van der Waals surface area contributed by atoms with Crippen LogP contribution in [0.1, 0.15) is 33.1 Å². The molecule has 4 nitrogen and oxygen atoms in total. The molecule has 2 atom stereocenters. The lowest BCUT2D eigenvalue weighted by Gasteiger charge is -2.32. The van der Waals surface area contributed by atoms with Crippen LogP contribution in [0.3, 0.4) is 0 Å². The molecule has 0 radical (unpaired) electrons. The Morgan fingerprint density at radius 2 is 2.33 bits per heavy atom. The number of anilines is 1. The molecular weight excluding hydrogens is 248 g/mol. The van der Waals surface area contributed by atoms with Gasteiger partial charge in [-0.2, -0.15) is 0 Å². The van der Waals surface area contributed by atoms with E-state index < -0.39 is 5.41 Å². The fraction of sp³-hybridized carbons (Fsp3) is 0.615. The fourth-order valence-electron chi connectivity index (χ4n) is 3.48. The highest BCUT2D eigenvalue weighted by molar-refractivity contribution is 7.13. The van der Waals surface area contributed by atoms with Gasteiger partial charge in [0.1, 0.15) is 5.41 Å². The summed E-state index contributed by atoms with van der Waals surface area (Å²) >= 11 is 1.38. The van der Waals surface area contributed by atoms with E-state index in [2.05, 4.69) is 10.3 Å². The topological polar surface area (TPSA) is 59.1 Å². The SMILES string of the molecule is CC1(C)C(=O)C2(C(=O)Nc3nccs3)CCC1C2. The van der Waals surface area contributed by atoms with Gasteiger partial charge >= 0.3 is 0 Å². The molecule has 1 amide bonds. The first-order valence-corrected chi connectivity index (χ1v) is 7.11. The van der Waals surface area contributed by atoms with Crippen LogP contribution in [0.2, 0.25) is 0 Å². The van der Waals surface area contributed by atoms with Crippen LogP contribution in [0.4, 0.5) is 5.13 Å². The fourth-order valence-corrected chi connectivity index (χ4v) is 4.00. The highest BCUT2D eigenvalue weighted by atomic mass is 32.1. The van der Waals surface area contributed by atoms with Gasteiger partial charge in [-0.15, -0.1) is 11.3 Å². The summed E-state index contributed by atoms with van der Waals surface area (Å²) in [6, 6.07) is 0. The van der Waals surface area contributed by atoms with Crippen LogP contribution >= 0.6 is 11.3 Å². The normalized spacial score (nSPS) is 32.8. The Morgan fingerprint density at radius 3 is 2.89 bits per heavy atom. The van der Waals surface area contributed by atoms with Gasteiger partial charge in [0.05, 0.1) is 0 Å². The molecule has 2 aliphatic carbocycles. The molecule has 5 heteroatoms. The first-order chi connectivity index (χ1) is 8.47. The second-order valence-corrected chi connectivity index (χ2v) is 6.76. The molecule has 2 unspecified atom stereocenters. The van der Waals surface area contributed by atoms with Crippen LogP contribution in [-0.2, 0) is 9.59 Å². The molecule has 1 N–H and O–H groups in total. The van der Waals surface area contributed by atoms with Crippen molar-refractivity contribution in [2.75, 3.05) is 5.32 Å². The summed E-state index contributed by atoms with van der Waals surface area (Å²) in [6.07, 6.45) is 4.02. The summed E-state index contributed by atoms with van der Waals surface area (Å²) in [6.45, 7) is 3.94. The molecule has 2 fully saturated rings. The van der Waals surface area contributed by atoms with Crippen molar-refractivity contribution in [3.63, 3.8) is 0 Å². The molecule has 18 heavy (non-hydrogen) atoms. The summed E-state index contributed by atoms with van der Waals surface area (Å²) in [5.41, 5.74) is -1.14. The zero-order valence-corrected chi connectivity index (χ0v) is 11.3. The number of carbonyl (C=O) groups excluding carboxylic acids is 2. The molecule has 0 aromatic carbocycles. The van der Waals surface area contributed by atoms with Gasteiger partial charge in [-0.25, -0.2) is 4.98 Å². The standard InChI is InChI=1S/C13H16N2O2S/c1-12(2)8-3-4-13(7-8,9(12)16)10(17)15-11-14-5-6-18-11/h5-6,8H,3-4,7H2,1-2H3,(H,14,15,17). The predicted molar refractivity (Wildman–Crippen MR) is 69.3 cm³/mol. The van der Waals surface area contributed by atoms with Gasteiger partial charge in [0.15, 0.2) is 10.9 Å². The van der Waals surface area contributed by atoms with Crippen LogP contribution in [0.25, 0.3) is 0 Å². The van der Waals surface area contributed by atoms with Gasteiger partial charge in [0.25, 0.3) is 0 Å². The van der Waals surface area contributed by atoms with E-state index in [0.717, 1.165) is 6.42 Å². The minimum Gasteiger partial charge on any atom is -0.301 e. The number of thiazole rings is 1. The van der Waals surface area contributed by atoms with Crippen molar-refractivity contribution >= 4 is 28.2 Å². The zero-order chi connectivity index (χ0) is 13.0. The first kappa shape index (κ1) is 11.8. The molecule has 1 aromatic heterocycles. The van der Waals surface area contributed by atoms with Crippen molar-refractivity contribution in [2.24, 2.45) is 16.7 Å². The number of ketones is 1. The summed E-state index contributed by atoms with van der Waals surface area (Å²) in [5, 5.41) is 5.19. The Kier molecular flexibility index (Phi) is 2.39. The van der Waals surface area contributed by atoms with E-state index in [0.29, 0.717) is 23.9 Å². The molecule has 1 aromatic rings. The van der Waals surface area contributed by atoms with Crippen LogP contribution in [0.5, 0.6) is 0 Å². The van der Waals surface area contributed by atoms with E-state index in [4.69, 9.17) is 0 Å². The van der Waals surface area contributed by atoms with Crippen molar-refractivity contribution in [1.82, 2.24) is 4.98 Å². The number of hydrogen-bond donors (Lipinski definition) is 1. The number of nitrogens with zero attached hydrogens (tertiary/aromatic N) is 1. The molecule has 3 rings (SSSR count). The van der Waals surface area contributed by atoms with Gasteiger partial charge < -0.3 is 5.32 Å². The number of Topliss-reactive ketones (excluding diaryl/α,β-unsaturated/α-hetero) is 1. The smallest absolute Gasteiger partial charge is 0.239 e. The van der Waals surface area contributed by atoms with E-state index in [-0.39, 0.29) is 17.1 Å². The predicted octanol–water partition coefficient (Wildman–Crippen LogP) is 2.48. The number of amides is 1. The zero-order valence-electron chi connectivity index (χ0n) is 10.5. The van der Waals surface area contributed by atoms with Gasteiger partial charge in [-0.3, -0.25) is 9.59 Å². The number of hydrogen-bond acceptors (Lipinski definition) is 4. The van der Waals surface area contributed by atoms with Crippen molar-refractivity contribution in [1.29, 1.82) is 0 Å². The van der Waals surface area contributed by atoms with E-state index in [9.17, 15) is 9.59 Å². The second-order valence-electron chi connectivity index (χ2n) is 5.86. The number of rotatable bonds is 2. The quantitative estimate of drug-likeness (QED) is 0.835. The van der Waals surface area contributed by atoms with Crippen LogP contribution in [0.15, 0.2) is 11.6 Å². The highest BCUT2D eigenvalue weighted by Gasteiger charge is 2.65. The summed E-state index contributed by atoms with van der Waals surface area (Å²) < 4.78 is 0. The summed E-state index contributed by atoms with van der Waals surface area (Å²) in [5.74, 6) is 0.308. The maximum absolute atomic E-state index is 12.5. The molecular formula is C13H16N2O2S. The highest BCUT2D eigenvalue weighted by Crippen LogP contribution is 2.60. The summed E-state index contributed by atoms with van der Waals surface area (Å²) in [4.78, 5) is 29.0. The average Bonchev–Trinajstić information content (AvgIpc) is 2.98. The van der Waals surface area contributed by atoms with E-state index in [1.807, 2.05) is 19.2 Å². The van der Waals surface area contributed by atoms with Crippen LogP contribution in [0, 0.1) is 16.7 Å². The van der Waals surface area contributed by atoms with Gasteiger partial charge in [-0.1, -0.05) is 13.8 Å². The molecule has 2 bridgehead atoms. The van der Waals surface area contributed by atoms with Crippen LogP contribution < -0.4 is 5.32 Å². The van der Waals surface area contributed by atoms with Gasteiger partial charge in [0.2, 0.25) is 5.91 Å². The largest absolute Gasteiger partial charge is 0.301 e. The third-order valence-electron chi connectivity index (χ3n) is 4.64. The maximum atomic E-state index is 12.5. The molecule has 0 aliphatic heterocycles. The van der Waals surface area contributed by atoms with Gasteiger partial charge in [-0.05, 0) is 25.2 Å². The number of aromatic nitrogens is 1. The Bertz CT molecular complexity index is 509. The molecule has 0 saturated heterocycles. The Balaban J connectivity index is 1.88. The van der Waals surface area contributed by atoms with Crippen molar-refractivity contribution in [2.45, 2.75) is 33.1 Å². The average molecular weight is 264 g/mol. The first-order valence-electron chi connectivity index (χ1n) is 6.23. The Labute approximate surface area is 110 Å². The molecule has 96 valence electrons. The molecule has 2 saturated carbocycles. The second kappa shape index (κ2) is 3.63. The minimum atomic E-state index is -0.792. The number of nitrogens with one attached hydrogen (secondary N) is 1. The van der Waals surface area contributed by atoms with Gasteiger partial charge in [0, 0.05) is 17.0 Å². The lowest BCUT2D eigenvalue weighted by atomic mass is 9.70. The van der Waals surface area contributed by atoms with E-state index in [1.54, 1.807) is 6.20 Å². The Morgan fingerprint density at radius 1 is 1.56 bits per heavy atom.